The van der Waals surface area contributed by atoms with Crippen molar-refractivity contribution in [3.63, 3.8) is 0 Å². The van der Waals surface area contributed by atoms with Crippen molar-refractivity contribution in [2.75, 3.05) is 27.7 Å². The number of aryl methyl sites for hydroxylation is 1. The zero-order valence-electron chi connectivity index (χ0n) is 15.9. The van der Waals surface area contributed by atoms with Crippen LogP contribution in [0.25, 0.3) is 0 Å². The first kappa shape index (κ1) is 21.3. The molecule has 0 bridgehead atoms. The van der Waals surface area contributed by atoms with Gasteiger partial charge in [-0.3, -0.25) is 4.99 Å². The zero-order valence-corrected chi connectivity index (χ0v) is 17.5. The molecule has 0 unspecified atom stereocenters. The monoisotopic (exact) mass is 412 g/mol. The average molecular weight is 413 g/mol. The van der Waals surface area contributed by atoms with E-state index in [0.717, 1.165) is 22.4 Å². The van der Waals surface area contributed by atoms with E-state index in [-0.39, 0.29) is 5.82 Å². The number of halogens is 1. The van der Waals surface area contributed by atoms with Crippen LogP contribution in [0.5, 0.6) is 0 Å². The molecule has 0 atom stereocenters. The Bertz CT molecular complexity index is 908. The fraction of sp³-hybridized carbons (Fsp3) is 0.389. The van der Waals surface area contributed by atoms with Gasteiger partial charge in [-0.15, -0.1) is 11.3 Å². The van der Waals surface area contributed by atoms with Gasteiger partial charge in [0.05, 0.1) is 6.54 Å². The van der Waals surface area contributed by atoms with Gasteiger partial charge in [0.25, 0.3) is 10.0 Å². The van der Waals surface area contributed by atoms with Crippen LogP contribution in [0.3, 0.4) is 0 Å². The standard InChI is InChI=1S/C18H25FN4O2S2/c1-13-11-15(19)6-5-14(13)9-10-21-18(20-2)22-12-16-7-8-17(26-16)27(24,25)23(3)4/h5-8,11H,9-10,12H2,1-4H3,(H2,20,21,22). The molecular weight excluding hydrogens is 387 g/mol. The number of thiophene rings is 1. The second-order valence-corrected chi connectivity index (χ2v) is 9.73. The summed E-state index contributed by atoms with van der Waals surface area (Å²) < 4.78 is 38.9. The van der Waals surface area contributed by atoms with Crippen LogP contribution >= 0.6 is 11.3 Å². The first-order chi connectivity index (χ1) is 12.7. The van der Waals surface area contributed by atoms with Gasteiger partial charge in [-0.25, -0.2) is 17.1 Å². The van der Waals surface area contributed by atoms with Crippen molar-refractivity contribution in [2.45, 2.75) is 24.1 Å². The lowest BCUT2D eigenvalue weighted by Crippen LogP contribution is -2.37. The molecule has 0 saturated heterocycles. The molecule has 1 aromatic carbocycles. The molecule has 0 fully saturated rings. The highest BCUT2D eigenvalue weighted by Crippen LogP contribution is 2.23. The molecular formula is C18H25FN4O2S2. The summed E-state index contributed by atoms with van der Waals surface area (Å²) in [6, 6.07) is 8.19. The second-order valence-electron chi connectivity index (χ2n) is 6.18. The van der Waals surface area contributed by atoms with Crippen LogP contribution in [0.1, 0.15) is 16.0 Å². The van der Waals surface area contributed by atoms with Crippen molar-refractivity contribution in [1.29, 1.82) is 0 Å². The third-order valence-electron chi connectivity index (χ3n) is 4.02. The van der Waals surface area contributed by atoms with E-state index in [2.05, 4.69) is 15.6 Å². The molecule has 0 aliphatic heterocycles. The minimum Gasteiger partial charge on any atom is -0.356 e. The van der Waals surface area contributed by atoms with Gasteiger partial charge in [0.15, 0.2) is 5.96 Å². The number of hydrogen-bond donors (Lipinski definition) is 2. The Morgan fingerprint density at radius 2 is 1.96 bits per heavy atom. The topological polar surface area (TPSA) is 73.8 Å². The van der Waals surface area contributed by atoms with E-state index in [4.69, 9.17) is 0 Å². The highest BCUT2D eigenvalue weighted by atomic mass is 32.2. The summed E-state index contributed by atoms with van der Waals surface area (Å²) in [6.45, 7) is 3.02. The molecule has 6 nitrogen and oxygen atoms in total. The Hall–Kier alpha value is -1.97. The summed E-state index contributed by atoms with van der Waals surface area (Å²) in [7, 11) is 1.31. The van der Waals surface area contributed by atoms with E-state index >= 15 is 0 Å². The Morgan fingerprint density at radius 3 is 2.59 bits per heavy atom. The van der Waals surface area contributed by atoms with Crippen molar-refractivity contribution >= 4 is 27.3 Å². The third kappa shape index (κ3) is 5.75. The maximum absolute atomic E-state index is 13.1. The van der Waals surface area contributed by atoms with Gasteiger partial charge in [-0.1, -0.05) is 6.07 Å². The van der Waals surface area contributed by atoms with Gasteiger partial charge in [-0.05, 0) is 48.7 Å². The zero-order chi connectivity index (χ0) is 20.0. The smallest absolute Gasteiger partial charge is 0.252 e. The fourth-order valence-electron chi connectivity index (χ4n) is 2.42. The van der Waals surface area contributed by atoms with Gasteiger partial charge in [0.1, 0.15) is 10.0 Å². The minimum absolute atomic E-state index is 0.228. The lowest BCUT2D eigenvalue weighted by molar-refractivity contribution is 0.523. The molecule has 9 heteroatoms. The summed E-state index contributed by atoms with van der Waals surface area (Å²) in [5.74, 6) is 0.397. The summed E-state index contributed by atoms with van der Waals surface area (Å²) in [6.07, 6.45) is 0.747. The van der Waals surface area contributed by atoms with E-state index in [9.17, 15) is 12.8 Å². The summed E-state index contributed by atoms with van der Waals surface area (Å²) in [4.78, 5) is 5.06. The molecule has 27 heavy (non-hydrogen) atoms. The summed E-state index contributed by atoms with van der Waals surface area (Å²) in [5.41, 5.74) is 2.00. The second kappa shape index (κ2) is 9.29. The van der Waals surface area contributed by atoms with Gasteiger partial charge >= 0.3 is 0 Å². The number of benzene rings is 1. The van der Waals surface area contributed by atoms with E-state index < -0.39 is 10.0 Å². The molecule has 2 aromatic rings. The predicted octanol–water partition coefficient (Wildman–Crippen LogP) is 2.35. The molecule has 148 valence electrons. The SMILES string of the molecule is CN=C(NCCc1ccc(F)cc1C)NCc1ccc(S(=O)(=O)N(C)C)s1. The summed E-state index contributed by atoms with van der Waals surface area (Å²) in [5, 5.41) is 6.38. The van der Waals surface area contributed by atoms with Gasteiger partial charge in [0, 0.05) is 32.6 Å². The predicted molar refractivity (Wildman–Crippen MR) is 108 cm³/mol. The molecule has 0 amide bonds. The molecule has 0 spiro atoms. The van der Waals surface area contributed by atoms with Crippen LogP contribution < -0.4 is 10.6 Å². The quantitative estimate of drug-likeness (QED) is 0.541. The van der Waals surface area contributed by atoms with Crippen LogP contribution in [0, 0.1) is 12.7 Å². The largest absolute Gasteiger partial charge is 0.356 e. The molecule has 1 aromatic heterocycles. The number of hydrogen-bond acceptors (Lipinski definition) is 4. The summed E-state index contributed by atoms with van der Waals surface area (Å²) >= 11 is 1.23. The molecule has 0 aliphatic carbocycles. The Morgan fingerprint density at radius 1 is 1.22 bits per heavy atom. The van der Waals surface area contributed by atoms with Crippen molar-refractivity contribution in [1.82, 2.24) is 14.9 Å². The minimum atomic E-state index is -3.40. The molecule has 0 radical (unpaired) electrons. The number of rotatable bonds is 7. The maximum atomic E-state index is 13.1. The molecule has 1 heterocycles. The lowest BCUT2D eigenvalue weighted by atomic mass is 10.1. The lowest BCUT2D eigenvalue weighted by Gasteiger charge is -2.12. The highest BCUT2D eigenvalue weighted by Gasteiger charge is 2.19. The van der Waals surface area contributed by atoms with E-state index in [0.29, 0.717) is 23.3 Å². The van der Waals surface area contributed by atoms with Gasteiger partial charge in [-0.2, -0.15) is 0 Å². The maximum Gasteiger partial charge on any atom is 0.252 e. The number of guanidine groups is 1. The van der Waals surface area contributed by atoms with E-state index in [1.54, 1.807) is 25.2 Å². The fourth-order valence-corrected chi connectivity index (χ4v) is 4.88. The van der Waals surface area contributed by atoms with Crippen LogP contribution in [0.15, 0.2) is 39.5 Å². The Kier molecular flexibility index (Phi) is 7.34. The van der Waals surface area contributed by atoms with Crippen molar-refractivity contribution in [3.05, 3.63) is 52.2 Å². The molecule has 2 N–H and O–H groups in total. The Labute approximate surface area is 164 Å². The van der Waals surface area contributed by atoms with Gasteiger partial charge in [0.2, 0.25) is 0 Å². The van der Waals surface area contributed by atoms with Gasteiger partial charge < -0.3 is 10.6 Å². The first-order valence-electron chi connectivity index (χ1n) is 8.45. The first-order valence-corrected chi connectivity index (χ1v) is 10.7. The normalized spacial score (nSPS) is 12.4. The van der Waals surface area contributed by atoms with E-state index in [1.165, 1.54) is 41.9 Å². The average Bonchev–Trinajstić information content (AvgIpc) is 3.09. The van der Waals surface area contributed by atoms with Crippen LogP contribution in [-0.2, 0) is 23.0 Å². The highest BCUT2D eigenvalue weighted by molar-refractivity contribution is 7.91. The molecule has 2 rings (SSSR count). The van der Waals surface area contributed by atoms with Crippen LogP contribution in [0.2, 0.25) is 0 Å². The van der Waals surface area contributed by atoms with Crippen LogP contribution in [-0.4, -0.2) is 46.4 Å². The number of nitrogens with zero attached hydrogens (tertiary/aromatic N) is 2. The molecule has 0 aliphatic rings. The number of aliphatic imine (C=N–C) groups is 1. The number of nitrogens with one attached hydrogen (secondary N) is 2. The number of sulfonamides is 1. The van der Waals surface area contributed by atoms with Crippen molar-refractivity contribution in [3.8, 4) is 0 Å². The third-order valence-corrected chi connectivity index (χ3v) is 7.38. The Balaban J connectivity index is 1.86. The van der Waals surface area contributed by atoms with Crippen molar-refractivity contribution in [2.24, 2.45) is 4.99 Å². The van der Waals surface area contributed by atoms with E-state index in [1.807, 2.05) is 6.92 Å². The van der Waals surface area contributed by atoms with Crippen LogP contribution in [0.4, 0.5) is 4.39 Å². The molecule has 0 saturated carbocycles. The van der Waals surface area contributed by atoms with Crippen molar-refractivity contribution < 1.29 is 12.8 Å².